The van der Waals surface area contributed by atoms with E-state index in [-0.39, 0.29) is 6.04 Å². The number of likely N-dealkylation sites (tertiary alicyclic amines) is 1. The van der Waals surface area contributed by atoms with Crippen molar-refractivity contribution >= 4 is 0 Å². The minimum Gasteiger partial charge on any atom is -0.339 e. The molecule has 2 heterocycles. The first-order chi connectivity index (χ1) is 10.3. The molecule has 3 aliphatic rings. The van der Waals surface area contributed by atoms with Gasteiger partial charge in [-0.2, -0.15) is 4.98 Å². The molecule has 2 N–H and O–H groups in total. The van der Waals surface area contributed by atoms with Crippen LogP contribution in [0.25, 0.3) is 0 Å². The van der Waals surface area contributed by atoms with Crippen LogP contribution in [-0.2, 0) is 6.42 Å². The third-order valence-electron chi connectivity index (χ3n) is 5.79. The maximum absolute atomic E-state index is 6.23. The SMILES string of the molecule is NC(CN1CCCC1)c1noc(CC2CC3CCC2C3)n1. The Kier molecular flexibility index (Phi) is 3.71. The van der Waals surface area contributed by atoms with Gasteiger partial charge in [-0.15, -0.1) is 0 Å². The second-order valence-corrected chi connectivity index (χ2v) is 7.30. The number of rotatable bonds is 5. The molecule has 0 radical (unpaired) electrons. The van der Waals surface area contributed by atoms with Crippen LogP contribution in [0.5, 0.6) is 0 Å². The quantitative estimate of drug-likeness (QED) is 0.900. The van der Waals surface area contributed by atoms with Crippen molar-refractivity contribution in [1.29, 1.82) is 0 Å². The fraction of sp³-hybridized carbons (Fsp3) is 0.875. The van der Waals surface area contributed by atoms with Crippen LogP contribution < -0.4 is 5.73 Å². The second-order valence-electron chi connectivity index (χ2n) is 7.30. The third kappa shape index (κ3) is 2.86. The topological polar surface area (TPSA) is 68.2 Å². The average Bonchev–Trinajstić information content (AvgIpc) is 3.23. The van der Waals surface area contributed by atoms with Crippen LogP contribution in [0.15, 0.2) is 4.52 Å². The molecule has 5 heteroatoms. The van der Waals surface area contributed by atoms with Crippen LogP contribution in [-0.4, -0.2) is 34.7 Å². The third-order valence-corrected chi connectivity index (χ3v) is 5.79. The van der Waals surface area contributed by atoms with E-state index in [1.807, 2.05) is 0 Å². The smallest absolute Gasteiger partial charge is 0.226 e. The van der Waals surface area contributed by atoms with Gasteiger partial charge in [0.15, 0.2) is 5.82 Å². The number of nitrogens with zero attached hydrogens (tertiary/aromatic N) is 3. The minimum absolute atomic E-state index is 0.111. The lowest BCUT2D eigenvalue weighted by Crippen LogP contribution is -2.30. The highest BCUT2D eigenvalue weighted by Gasteiger charge is 2.40. The number of aromatic nitrogens is 2. The standard InChI is InChI=1S/C16H26N4O/c17-14(10-20-5-1-2-6-20)16-18-15(21-19-16)9-13-8-11-3-4-12(13)7-11/h11-14H,1-10,17H2. The van der Waals surface area contributed by atoms with Crippen LogP contribution in [0.2, 0.25) is 0 Å². The summed E-state index contributed by atoms with van der Waals surface area (Å²) in [5, 5.41) is 4.12. The lowest BCUT2D eigenvalue weighted by atomic mass is 9.86. The summed E-state index contributed by atoms with van der Waals surface area (Å²) in [5.41, 5.74) is 6.23. The Morgan fingerprint density at radius 2 is 2.10 bits per heavy atom. The summed E-state index contributed by atoms with van der Waals surface area (Å²) in [4.78, 5) is 6.97. The van der Waals surface area contributed by atoms with Gasteiger partial charge in [0, 0.05) is 13.0 Å². The van der Waals surface area contributed by atoms with Gasteiger partial charge in [0.1, 0.15) is 0 Å². The largest absolute Gasteiger partial charge is 0.339 e. The van der Waals surface area contributed by atoms with Crippen molar-refractivity contribution in [1.82, 2.24) is 15.0 Å². The summed E-state index contributed by atoms with van der Waals surface area (Å²) >= 11 is 0. The number of nitrogens with two attached hydrogens (primary N) is 1. The summed E-state index contributed by atoms with van der Waals surface area (Å²) in [7, 11) is 0. The van der Waals surface area contributed by atoms with Crippen molar-refractivity contribution in [2.45, 2.75) is 51.0 Å². The predicted octanol–water partition coefficient (Wildman–Crippen LogP) is 2.14. The first-order valence-corrected chi connectivity index (χ1v) is 8.58. The van der Waals surface area contributed by atoms with E-state index < -0.39 is 0 Å². The molecule has 1 saturated heterocycles. The molecule has 4 unspecified atom stereocenters. The van der Waals surface area contributed by atoms with E-state index in [9.17, 15) is 0 Å². The lowest BCUT2D eigenvalue weighted by Gasteiger charge is -2.19. The summed E-state index contributed by atoms with van der Waals surface area (Å²) in [6, 6.07) is -0.111. The number of hydrogen-bond donors (Lipinski definition) is 1. The van der Waals surface area contributed by atoms with Gasteiger partial charge < -0.3 is 15.2 Å². The van der Waals surface area contributed by atoms with Crippen LogP contribution in [0.1, 0.15) is 56.3 Å². The number of fused-ring (bicyclic) bond motifs is 2. The van der Waals surface area contributed by atoms with Gasteiger partial charge in [-0.1, -0.05) is 11.6 Å². The molecule has 21 heavy (non-hydrogen) atoms. The van der Waals surface area contributed by atoms with E-state index in [0.717, 1.165) is 49.7 Å². The summed E-state index contributed by atoms with van der Waals surface area (Å²) in [5.74, 6) is 4.15. The first-order valence-electron chi connectivity index (χ1n) is 8.58. The van der Waals surface area contributed by atoms with E-state index in [1.54, 1.807) is 0 Å². The zero-order valence-electron chi connectivity index (χ0n) is 12.7. The highest BCUT2D eigenvalue weighted by Crippen LogP contribution is 2.49. The Hall–Kier alpha value is -0.940. The van der Waals surface area contributed by atoms with Gasteiger partial charge >= 0.3 is 0 Å². The van der Waals surface area contributed by atoms with E-state index in [2.05, 4.69) is 15.0 Å². The molecule has 0 amide bonds. The Balaban J connectivity index is 1.34. The lowest BCUT2D eigenvalue weighted by molar-refractivity contribution is 0.284. The molecule has 2 saturated carbocycles. The van der Waals surface area contributed by atoms with E-state index in [1.165, 1.54) is 38.5 Å². The van der Waals surface area contributed by atoms with Gasteiger partial charge in [0.05, 0.1) is 6.04 Å². The Morgan fingerprint density at radius 1 is 1.24 bits per heavy atom. The molecule has 4 rings (SSSR count). The normalized spacial score (nSPS) is 33.9. The maximum Gasteiger partial charge on any atom is 0.226 e. The van der Waals surface area contributed by atoms with E-state index in [4.69, 9.17) is 10.3 Å². The first kappa shape index (κ1) is 13.7. The maximum atomic E-state index is 6.23. The predicted molar refractivity (Wildman–Crippen MR) is 79.5 cm³/mol. The van der Waals surface area contributed by atoms with Crippen LogP contribution in [0.3, 0.4) is 0 Å². The molecule has 1 aromatic heterocycles. The van der Waals surface area contributed by atoms with Crippen molar-refractivity contribution in [3.05, 3.63) is 11.7 Å². The number of hydrogen-bond acceptors (Lipinski definition) is 5. The molecule has 0 spiro atoms. The van der Waals surface area contributed by atoms with Crippen molar-refractivity contribution < 1.29 is 4.52 Å². The van der Waals surface area contributed by atoms with Gasteiger partial charge in [0.25, 0.3) is 0 Å². The van der Waals surface area contributed by atoms with Crippen molar-refractivity contribution in [3.8, 4) is 0 Å². The zero-order chi connectivity index (χ0) is 14.2. The fourth-order valence-corrected chi connectivity index (χ4v) is 4.68. The zero-order valence-corrected chi connectivity index (χ0v) is 12.7. The average molecular weight is 290 g/mol. The minimum atomic E-state index is -0.111. The molecule has 0 aromatic carbocycles. The highest BCUT2D eigenvalue weighted by molar-refractivity contribution is 4.98. The van der Waals surface area contributed by atoms with Gasteiger partial charge in [0.2, 0.25) is 5.89 Å². The summed E-state index contributed by atoms with van der Waals surface area (Å²) < 4.78 is 5.46. The Bertz CT molecular complexity index is 482. The molecule has 5 nitrogen and oxygen atoms in total. The van der Waals surface area contributed by atoms with Gasteiger partial charge in [-0.25, -0.2) is 0 Å². The van der Waals surface area contributed by atoms with Crippen molar-refractivity contribution in [3.63, 3.8) is 0 Å². The molecule has 1 aromatic rings. The Labute approximate surface area is 126 Å². The summed E-state index contributed by atoms with van der Waals surface area (Å²) in [6.07, 6.45) is 9.18. The van der Waals surface area contributed by atoms with Gasteiger partial charge in [-0.3, -0.25) is 0 Å². The molecule has 2 aliphatic carbocycles. The highest BCUT2D eigenvalue weighted by atomic mass is 16.5. The molecular weight excluding hydrogens is 264 g/mol. The molecular formula is C16H26N4O. The monoisotopic (exact) mass is 290 g/mol. The molecule has 2 bridgehead atoms. The van der Waals surface area contributed by atoms with E-state index >= 15 is 0 Å². The van der Waals surface area contributed by atoms with Crippen LogP contribution in [0.4, 0.5) is 0 Å². The summed E-state index contributed by atoms with van der Waals surface area (Å²) in [6.45, 7) is 3.17. The van der Waals surface area contributed by atoms with Crippen molar-refractivity contribution in [2.24, 2.45) is 23.5 Å². The van der Waals surface area contributed by atoms with Crippen molar-refractivity contribution in [2.75, 3.05) is 19.6 Å². The van der Waals surface area contributed by atoms with E-state index in [0.29, 0.717) is 5.82 Å². The van der Waals surface area contributed by atoms with Crippen LogP contribution in [0, 0.1) is 17.8 Å². The second kappa shape index (κ2) is 5.69. The molecule has 1 aliphatic heterocycles. The van der Waals surface area contributed by atoms with Gasteiger partial charge in [-0.05, 0) is 62.9 Å². The fourth-order valence-electron chi connectivity index (χ4n) is 4.68. The molecule has 116 valence electrons. The molecule has 3 fully saturated rings. The van der Waals surface area contributed by atoms with Crippen LogP contribution >= 0.6 is 0 Å². The Morgan fingerprint density at radius 3 is 2.81 bits per heavy atom. The molecule has 4 atom stereocenters.